The third-order valence-electron chi connectivity index (χ3n) is 4.05. The van der Waals surface area contributed by atoms with E-state index in [1.165, 1.54) is 31.8 Å². The Morgan fingerprint density at radius 2 is 2.25 bits per heavy atom. The minimum Gasteiger partial charge on any atom is -0.330 e. The largest absolute Gasteiger partial charge is 0.330 e. The molecule has 0 saturated heterocycles. The summed E-state index contributed by atoms with van der Waals surface area (Å²) in [5.41, 5.74) is 4.96. The Bertz CT molecular complexity index is 996. The number of hydrogen-bond acceptors (Lipinski definition) is 3. The van der Waals surface area contributed by atoms with Crippen LogP contribution in [0, 0.1) is 0 Å². The zero-order valence-corrected chi connectivity index (χ0v) is 11.7. The highest BCUT2D eigenvalue weighted by Crippen LogP contribution is 2.37. The van der Waals surface area contributed by atoms with Crippen LogP contribution in [0.5, 0.6) is 0 Å². The maximum atomic E-state index is 4.55. The summed E-state index contributed by atoms with van der Waals surface area (Å²) in [5, 5.41) is 2.48. The third kappa shape index (κ3) is 1.10. The Morgan fingerprint density at radius 3 is 3.20 bits per heavy atom. The minimum atomic E-state index is 0.909. The first kappa shape index (κ1) is 10.5. The van der Waals surface area contributed by atoms with Crippen LogP contribution in [0.2, 0.25) is 0 Å². The van der Waals surface area contributed by atoms with E-state index in [4.69, 9.17) is 0 Å². The van der Waals surface area contributed by atoms with Crippen LogP contribution >= 0.6 is 11.3 Å². The summed E-state index contributed by atoms with van der Waals surface area (Å²) in [7, 11) is 2.12. The quantitative estimate of drug-likeness (QED) is 0.408. The van der Waals surface area contributed by atoms with Gasteiger partial charge in [-0.3, -0.25) is 4.98 Å². The van der Waals surface area contributed by atoms with E-state index in [2.05, 4.69) is 38.3 Å². The molecule has 0 fully saturated rings. The van der Waals surface area contributed by atoms with E-state index in [1.54, 1.807) is 0 Å². The summed E-state index contributed by atoms with van der Waals surface area (Å²) in [6.07, 6.45) is 5.69. The fourth-order valence-electron chi connectivity index (χ4n) is 3.13. The number of nitrogens with zero attached hydrogens (tertiary/aromatic N) is 4. The molecular formula is C15H11N4S+. The van der Waals surface area contributed by atoms with Crippen LogP contribution in [0.15, 0.2) is 36.8 Å². The second kappa shape index (κ2) is 3.43. The summed E-state index contributed by atoms with van der Waals surface area (Å²) < 4.78 is 4.63. The smallest absolute Gasteiger partial charge is 0.291 e. The van der Waals surface area contributed by atoms with E-state index in [9.17, 15) is 0 Å². The lowest BCUT2D eigenvalue weighted by atomic mass is 10.2. The van der Waals surface area contributed by atoms with E-state index >= 15 is 0 Å². The standard InChI is InChI=1S/C15H11N4S/c1-18-11-4-6-16-7-10(11)13-15(18)20-14-12-9(8-19(13)14)3-2-5-17-12/h2-7H,8H2,1H3/q+1. The van der Waals surface area contributed by atoms with Crippen LogP contribution in [-0.4, -0.2) is 14.5 Å². The molecule has 0 bridgehead atoms. The van der Waals surface area contributed by atoms with Crippen molar-refractivity contribution in [3.8, 4) is 10.7 Å². The van der Waals surface area contributed by atoms with Crippen molar-refractivity contribution in [1.29, 1.82) is 0 Å². The first-order valence-corrected chi connectivity index (χ1v) is 7.35. The number of rotatable bonds is 0. The van der Waals surface area contributed by atoms with Gasteiger partial charge in [0.05, 0.1) is 16.5 Å². The second-order valence-corrected chi connectivity index (χ2v) is 6.09. The molecule has 96 valence electrons. The number of aryl methyl sites for hydroxylation is 1. The van der Waals surface area contributed by atoms with Gasteiger partial charge in [-0.25, -0.2) is 4.98 Å². The maximum absolute atomic E-state index is 4.55. The number of thiazole rings is 1. The molecule has 0 amide bonds. The van der Waals surface area contributed by atoms with Gasteiger partial charge >= 0.3 is 0 Å². The van der Waals surface area contributed by atoms with Crippen molar-refractivity contribution in [2.75, 3.05) is 0 Å². The predicted molar refractivity (Wildman–Crippen MR) is 78.6 cm³/mol. The van der Waals surface area contributed by atoms with Crippen LogP contribution in [0.4, 0.5) is 0 Å². The molecule has 4 aromatic heterocycles. The molecule has 0 aromatic carbocycles. The second-order valence-electron chi connectivity index (χ2n) is 5.11. The molecule has 0 radical (unpaired) electrons. The Labute approximate surface area is 119 Å². The molecule has 4 nitrogen and oxygen atoms in total. The minimum absolute atomic E-state index is 0.909. The molecule has 20 heavy (non-hydrogen) atoms. The number of pyridine rings is 2. The lowest BCUT2D eigenvalue weighted by Crippen LogP contribution is -2.30. The molecule has 5 rings (SSSR count). The van der Waals surface area contributed by atoms with Gasteiger partial charge in [-0.15, -0.1) is 0 Å². The van der Waals surface area contributed by atoms with Crippen LogP contribution in [-0.2, 0) is 13.6 Å². The average Bonchev–Trinajstić information content (AvgIpc) is 3.09. The van der Waals surface area contributed by atoms with Crippen molar-refractivity contribution in [3.05, 3.63) is 42.4 Å². The van der Waals surface area contributed by atoms with Crippen LogP contribution in [0.25, 0.3) is 32.0 Å². The summed E-state index contributed by atoms with van der Waals surface area (Å²) in [6.45, 7) is 0.909. The fourth-order valence-corrected chi connectivity index (χ4v) is 4.41. The third-order valence-corrected chi connectivity index (χ3v) is 5.32. The van der Waals surface area contributed by atoms with Crippen LogP contribution in [0.1, 0.15) is 5.56 Å². The summed E-state index contributed by atoms with van der Waals surface area (Å²) in [5.74, 6) is 0. The first-order chi connectivity index (χ1) is 9.84. The topological polar surface area (TPSA) is 34.6 Å². The molecule has 1 aliphatic rings. The summed E-state index contributed by atoms with van der Waals surface area (Å²) in [6, 6.07) is 6.25. The highest BCUT2D eigenvalue weighted by molar-refractivity contribution is 7.21. The van der Waals surface area contributed by atoms with Crippen molar-refractivity contribution in [2.24, 2.45) is 7.05 Å². The van der Waals surface area contributed by atoms with Crippen molar-refractivity contribution in [1.82, 2.24) is 14.5 Å². The molecule has 0 N–H and O–H groups in total. The molecule has 5 heterocycles. The summed E-state index contributed by atoms with van der Waals surface area (Å²) >= 11 is 1.82. The van der Waals surface area contributed by atoms with Gasteiger partial charge in [0.2, 0.25) is 0 Å². The van der Waals surface area contributed by atoms with Crippen LogP contribution < -0.4 is 4.57 Å². The zero-order valence-electron chi connectivity index (χ0n) is 10.9. The van der Waals surface area contributed by atoms with E-state index in [0.717, 1.165) is 12.2 Å². The van der Waals surface area contributed by atoms with Gasteiger partial charge in [0, 0.05) is 25.6 Å². The highest BCUT2D eigenvalue weighted by Gasteiger charge is 2.35. The molecule has 0 saturated carbocycles. The van der Waals surface area contributed by atoms with Crippen molar-refractivity contribution in [2.45, 2.75) is 6.54 Å². The molecule has 4 aromatic rings. The van der Waals surface area contributed by atoms with E-state index in [-0.39, 0.29) is 0 Å². The molecule has 0 spiro atoms. The normalized spacial score (nSPS) is 13.1. The van der Waals surface area contributed by atoms with Crippen molar-refractivity contribution < 1.29 is 4.57 Å². The molecule has 0 unspecified atom stereocenters. The number of aromatic nitrogens is 4. The SMILES string of the molecule is Cn1c2ccncc2c2c1sc1[n+]2Cc2cccnc2-1. The average molecular weight is 279 g/mol. The molecule has 0 aliphatic carbocycles. The van der Waals surface area contributed by atoms with Crippen LogP contribution in [0.3, 0.4) is 0 Å². The predicted octanol–water partition coefficient (Wildman–Crippen LogP) is 2.50. The van der Waals surface area contributed by atoms with Gasteiger partial charge < -0.3 is 4.57 Å². The van der Waals surface area contributed by atoms with Crippen molar-refractivity contribution >= 4 is 32.6 Å². The molecular weight excluding hydrogens is 268 g/mol. The zero-order chi connectivity index (χ0) is 13.3. The van der Waals surface area contributed by atoms with Gasteiger partial charge in [-0.1, -0.05) is 0 Å². The summed E-state index contributed by atoms with van der Waals surface area (Å²) in [4.78, 5) is 10.1. The Balaban J connectivity index is 1.97. The van der Waals surface area contributed by atoms with Gasteiger partial charge in [-0.05, 0) is 29.5 Å². The number of hydrogen-bond donors (Lipinski definition) is 0. The lowest BCUT2D eigenvalue weighted by molar-refractivity contribution is -0.641. The Kier molecular flexibility index (Phi) is 1.80. The van der Waals surface area contributed by atoms with Gasteiger partial charge in [0.1, 0.15) is 0 Å². The molecule has 1 aliphatic heterocycles. The van der Waals surface area contributed by atoms with Gasteiger partial charge in [-0.2, -0.15) is 4.57 Å². The first-order valence-electron chi connectivity index (χ1n) is 6.53. The Morgan fingerprint density at radius 1 is 1.30 bits per heavy atom. The molecule has 5 heteroatoms. The van der Waals surface area contributed by atoms with E-state index in [1.807, 2.05) is 36.0 Å². The maximum Gasteiger partial charge on any atom is 0.291 e. The van der Waals surface area contributed by atoms with Gasteiger partial charge in [0.15, 0.2) is 17.1 Å². The highest BCUT2D eigenvalue weighted by atomic mass is 32.1. The monoisotopic (exact) mass is 279 g/mol. The van der Waals surface area contributed by atoms with E-state index < -0.39 is 0 Å². The van der Waals surface area contributed by atoms with Crippen molar-refractivity contribution in [3.63, 3.8) is 0 Å². The van der Waals surface area contributed by atoms with Gasteiger partial charge in [0.25, 0.3) is 10.5 Å². The molecule has 0 atom stereocenters. The van der Waals surface area contributed by atoms with E-state index in [0.29, 0.717) is 0 Å². The fraction of sp³-hybridized carbons (Fsp3) is 0.133. The number of fused-ring (bicyclic) bond motifs is 7. The Hall–Kier alpha value is -2.27. The lowest BCUT2D eigenvalue weighted by Gasteiger charge is -1.93.